The van der Waals surface area contributed by atoms with E-state index < -0.39 is 6.08 Å². The molecule has 2 heterocycles. The van der Waals surface area contributed by atoms with Crippen LogP contribution in [0.5, 0.6) is 0 Å². The first-order chi connectivity index (χ1) is 7.36. The third-order valence-corrected chi connectivity index (χ3v) is 2.34. The summed E-state index contributed by atoms with van der Waals surface area (Å²) in [5.41, 5.74) is 1.42. The Morgan fingerprint density at radius 1 is 1.13 bits per heavy atom. The predicted octanol–water partition coefficient (Wildman–Crippen LogP) is 2.49. The van der Waals surface area contributed by atoms with Gasteiger partial charge >= 0.3 is 0 Å². The second-order valence-electron chi connectivity index (χ2n) is 3.26. The lowest BCUT2D eigenvalue weighted by Crippen LogP contribution is -1.97. The fourth-order valence-electron chi connectivity index (χ4n) is 1.69. The zero-order valence-electron chi connectivity index (χ0n) is 7.81. The van der Waals surface area contributed by atoms with E-state index in [1.165, 1.54) is 4.57 Å². The minimum Gasteiger partial charge on any atom is -0.348 e. The maximum absolute atomic E-state index is 13.6. The number of benzene rings is 1. The van der Waals surface area contributed by atoms with Crippen LogP contribution in [0.25, 0.3) is 16.9 Å². The second-order valence-corrected chi connectivity index (χ2v) is 3.26. The number of hydrogen-bond acceptors (Lipinski definition) is 1. The number of aromatic amines is 1. The molecule has 3 aromatic rings. The van der Waals surface area contributed by atoms with Crippen molar-refractivity contribution >= 4 is 11.0 Å². The van der Waals surface area contributed by atoms with Gasteiger partial charge in [0.25, 0.3) is 6.08 Å². The highest BCUT2D eigenvalue weighted by Gasteiger charge is 2.11. The molecule has 0 aliphatic rings. The molecule has 3 rings (SSSR count). The third-order valence-electron chi connectivity index (χ3n) is 2.34. The van der Waals surface area contributed by atoms with Gasteiger partial charge in [-0.25, -0.2) is 4.98 Å². The lowest BCUT2D eigenvalue weighted by molar-refractivity contribution is 0.526. The maximum Gasteiger partial charge on any atom is 0.296 e. The standard InChI is InChI=1S/C11H8FN3/c12-11-14-8-4-1-2-5-9(8)15(11)10-6-3-7-13-10/h1-7,13H. The molecule has 2 aromatic heterocycles. The minimum absolute atomic E-state index is 0.501. The second kappa shape index (κ2) is 2.95. The zero-order chi connectivity index (χ0) is 10.3. The van der Waals surface area contributed by atoms with Crippen molar-refractivity contribution in [1.82, 2.24) is 14.5 Å². The summed E-state index contributed by atoms with van der Waals surface area (Å²) in [5, 5.41) is 0. The van der Waals surface area contributed by atoms with Crippen molar-refractivity contribution in [3.05, 3.63) is 48.7 Å². The number of nitrogens with zero attached hydrogens (tertiary/aromatic N) is 2. The number of para-hydroxylation sites is 2. The fourth-order valence-corrected chi connectivity index (χ4v) is 1.69. The molecule has 0 atom stereocenters. The summed E-state index contributed by atoms with van der Waals surface area (Å²) in [6.45, 7) is 0. The van der Waals surface area contributed by atoms with E-state index in [9.17, 15) is 4.39 Å². The Bertz CT molecular complexity index is 595. The summed E-state index contributed by atoms with van der Waals surface area (Å²) in [6, 6.07) is 11.0. The summed E-state index contributed by atoms with van der Waals surface area (Å²) >= 11 is 0. The summed E-state index contributed by atoms with van der Waals surface area (Å²) in [7, 11) is 0. The Labute approximate surface area is 85.2 Å². The van der Waals surface area contributed by atoms with Crippen LogP contribution in [0.15, 0.2) is 42.6 Å². The fraction of sp³-hybridized carbons (Fsp3) is 0. The molecule has 0 bridgehead atoms. The monoisotopic (exact) mass is 201 g/mol. The van der Waals surface area contributed by atoms with Gasteiger partial charge in [0, 0.05) is 6.20 Å². The molecular formula is C11H8FN3. The molecule has 1 aromatic carbocycles. The van der Waals surface area contributed by atoms with E-state index in [1.807, 2.05) is 24.3 Å². The number of fused-ring (bicyclic) bond motifs is 1. The average molecular weight is 201 g/mol. The number of halogens is 1. The summed E-state index contributed by atoms with van der Waals surface area (Å²) in [6.07, 6.45) is 1.25. The molecule has 15 heavy (non-hydrogen) atoms. The van der Waals surface area contributed by atoms with Crippen LogP contribution in [-0.2, 0) is 0 Å². The number of rotatable bonds is 1. The maximum atomic E-state index is 13.6. The first-order valence-corrected chi connectivity index (χ1v) is 4.63. The Balaban J connectivity index is 2.39. The van der Waals surface area contributed by atoms with Crippen LogP contribution in [0.3, 0.4) is 0 Å². The van der Waals surface area contributed by atoms with Crippen LogP contribution < -0.4 is 0 Å². The van der Waals surface area contributed by atoms with Crippen molar-refractivity contribution < 1.29 is 4.39 Å². The lowest BCUT2D eigenvalue weighted by Gasteiger charge is -2.00. The molecule has 0 unspecified atom stereocenters. The zero-order valence-corrected chi connectivity index (χ0v) is 7.81. The van der Waals surface area contributed by atoms with Gasteiger partial charge in [0.2, 0.25) is 0 Å². The summed E-state index contributed by atoms with van der Waals surface area (Å²) in [4.78, 5) is 6.80. The number of nitrogens with one attached hydrogen (secondary N) is 1. The van der Waals surface area contributed by atoms with Crippen molar-refractivity contribution in [2.45, 2.75) is 0 Å². The van der Waals surface area contributed by atoms with Crippen molar-refractivity contribution in [3.8, 4) is 5.82 Å². The molecule has 74 valence electrons. The van der Waals surface area contributed by atoms with E-state index in [1.54, 1.807) is 18.3 Å². The highest BCUT2D eigenvalue weighted by atomic mass is 19.1. The first-order valence-electron chi connectivity index (χ1n) is 4.63. The molecule has 0 fully saturated rings. The highest BCUT2D eigenvalue weighted by molar-refractivity contribution is 5.76. The van der Waals surface area contributed by atoms with Crippen LogP contribution in [0, 0.1) is 6.08 Å². The normalized spacial score (nSPS) is 11.0. The SMILES string of the molecule is Fc1nc2ccccc2n1-c1ccc[nH]1. The molecule has 0 aliphatic heterocycles. The molecular weight excluding hydrogens is 193 g/mol. The Hall–Kier alpha value is -2.10. The molecule has 0 saturated heterocycles. The summed E-state index contributed by atoms with van der Waals surface area (Å²) < 4.78 is 15.1. The van der Waals surface area contributed by atoms with Crippen LogP contribution in [0.2, 0.25) is 0 Å². The molecule has 0 amide bonds. The minimum atomic E-state index is -0.501. The molecule has 0 saturated carbocycles. The number of imidazole rings is 1. The van der Waals surface area contributed by atoms with Crippen LogP contribution >= 0.6 is 0 Å². The van der Waals surface area contributed by atoms with E-state index in [0.717, 1.165) is 5.52 Å². The third kappa shape index (κ3) is 1.15. The molecule has 0 aliphatic carbocycles. The van der Waals surface area contributed by atoms with Gasteiger partial charge in [-0.1, -0.05) is 12.1 Å². The van der Waals surface area contributed by atoms with Gasteiger partial charge < -0.3 is 4.98 Å². The molecule has 0 radical (unpaired) electrons. The van der Waals surface area contributed by atoms with Crippen molar-refractivity contribution in [1.29, 1.82) is 0 Å². The largest absolute Gasteiger partial charge is 0.348 e. The molecule has 1 N–H and O–H groups in total. The van der Waals surface area contributed by atoms with Crippen LogP contribution in [-0.4, -0.2) is 14.5 Å². The van der Waals surface area contributed by atoms with E-state index in [2.05, 4.69) is 9.97 Å². The van der Waals surface area contributed by atoms with Gasteiger partial charge in [-0.3, -0.25) is 4.57 Å². The van der Waals surface area contributed by atoms with E-state index in [4.69, 9.17) is 0 Å². The molecule has 3 nitrogen and oxygen atoms in total. The molecule has 0 spiro atoms. The van der Waals surface area contributed by atoms with Gasteiger partial charge in [0.15, 0.2) is 0 Å². The van der Waals surface area contributed by atoms with Crippen molar-refractivity contribution in [2.24, 2.45) is 0 Å². The quantitative estimate of drug-likeness (QED) is 0.644. The Kier molecular flexibility index (Phi) is 1.62. The van der Waals surface area contributed by atoms with Crippen LogP contribution in [0.1, 0.15) is 0 Å². The van der Waals surface area contributed by atoms with Gasteiger partial charge in [-0.2, -0.15) is 4.39 Å². The first kappa shape index (κ1) is 8.23. The van der Waals surface area contributed by atoms with E-state index in [0.29, 0.717) is 11.3 Å². The number of aromatic nitrogens is 3. The number of H-pyrrole nitrogens is 1. The van der Waals surface area contributed by atoms with Gasteiger partial charge in [0.05, 0.1) is 11.0 Å². The van der Waals surface area contributed by atoms with Crippen molar-refractivity contribution in [2.75, 3.05) is 0 Å². The topological polar surface area (TPSA) is 33.6 Å². The Morgan fingerprint density at radius 3 is 2.80 bits per heavy atom. The average Bonchev–Trinajstić information content (AvgIpc) is 2.82. The van der Waals surface area contributed by atoms with E-state index in [-0.39, 0.29) is 0 Å². The van der Waals surface area contributed by atoms with E-state index >= 15 is 0 Å². The van der Waals surface area contributed by atoms with Crippen molar-refractivity contribution in [3.63, 3.8) is 0 Å². The predicted molar refractivity (Wildman–Crippen MR) is 55.4 cm³/mol. The van der Waals surface area contributed by atoms with Gasteiger partial charge in [0.1, 0.15) is 5.82 Å². The summed E-state index contributed by atoms with van der Waals surface area (Å²) in [5.74, 6) is 0.682. The Morgan fingerprint density at radius 2 is 2.00 bits per heavy atom. The lowest BCUT2D eigenvalue weighted by atomic mass is 10.3. The van der Waals surface area contributed by atoms with Gasteiger partial charge in [-0.05, 0) is 24.3 Å². The smallest absolute Gasteiger partial charge is 0.296 e. The van der Waals surface area contributed by atoms with Gasteiger partial charge in [-0.15, -0.1) is 0 Å². The molecule has 4 heteroatoms. The highest BCUT2D eigenvalue weighted by Crippen LogP contribution is 2.18. The number of hydrogen-bond donors (Lipinski definition) is 1. The van der Waals surface area contributed by atoms with Crippen LogP contribution in [0.4, 0.5) is 4.39 Å².